The monoisotopic (exact) mass is 265 g/mol. The number of carbonyl (C=O) groups excluding carboxylic acids is 1. The Morgan fingerprint density at radius 1 is 1.47 bits per heavy atom. The third-order valence-electron chi connectivity index (χ3n) is 3.98. The molecular weight excluding hydrogens is 242 g/mol. The van der Waals surface area contributed by atoms with Crippen molar-refractivity contribution in [3.63, 3.8) is 0 Å². The second-order valence-corrected chi connectivity index (χ2v) is 5.17. The number of aromatic nitrogens is 3. The summed E-state index contributed by atoms with van der Waals surface area (Å²) in [6.45, 7) is 4.54. The van der Waals surface area contributed by atoms with Crippen LogP contribution in [0.25, 0.3) is 0 Å². The first-order valence-corrected chi connectivity index (χ1v) is 6.98. The highest BCUT2D eigenvalue weighted by atomic mass is 16.1. The lowest BCUT2D eigenvalue weighted by Gasteiger charge is -2.30. The molecule has 1 fully saturated rings. The van der Waals surface area contributed by atoms with Gasteiger partial charge in [0.05, 0.1) is 6.54 Å². The Kier molecular flexibility index (Phi) is 3.89. The maximum Gasteiger partial charge on any atom is 0.239 e. The van der Waals surface area contributed by atoms with Crippen LogP contribution in [0.15, 0.2) is 0 Å². The smallest absolute Gasteiger partial charge is 0.239 e. The van der Waals surface area contributed by atoms with Gasteiger partial charge in [-0.05, 0) is 25.8 Å². The summed E-state index contributed by atoms with van der Waals surface area (Å²) in [6, 6.07) is 0. The van der Waals surface area contributed by atoms with Crippen LogP contribution in [0, 0.1) is 5.92 Å². The second kappa shape index (κ2) is 5.28. The zero-order chi connectivity index (χ0) is 14.0. The molecule has 106 valence electrons. The van der Waals surface area contributed by atoms with E-state index in [1.54, 1.807) is 7.05 Å². The van der Waals surface area contributed by atoms with E-state index < -0.39 is 5.54 Å². The molecule has 0 bridgehead atoms. The normalized spacial score (nSPS) is 18.3. The number of amides is 1. The van der Waals surface area contributed by atoms with Crippen molar-refractivity contribution < 1.29 is 4.79 Å². The van der Waals surface area contributed by atoms with Crippen LogP contribution in [-0.2, 0) is 24.2 Å². The van der Waals surface area contributed by atoms with Crippen molar-refractivity contribution in [3.05, 3.63) is 11.6 Å². The largest absolute Gasteiger partial charge is 0.368 e. The van der Waals surface area contributed by atoms with Gasteiger partial charge in [0.15, 0.2) is 5.82 Å². The molecule has 1 amide bonds. The molecule has 1 unspecified atom stereocenters. The van der Waals surface area contributed by atoms with Crippen LogP contribution in [0.5, 0.6) is 0 Å². The van der Waals surface area contributed by atoms with Crippen molar-refractivity contribution in [1.82, 2.24) is 20.1 Å². The molecule has 0 aliphatic heterocycles. The van der Waals surface area contributed by atoms with E-state index in [-0.39, 0.29) is 5.91 Å². The van der Waals surface area contributed by atoms with E-state index in [9.17, 15) is 4.79 Å². The van der Waals surface area contributed by atoms with Crippen LogP contribution in [0.2, 0.25) is 0 Å². The lowest BCUT2D eigenvalue weighted by atomic mass is 9.92. The van der Waals surface area contributed by atoms with Gasteiger partial charge in [0.25, 0.3) is 0 Å². The summed E-state index contributed by atoms with van der Waals surface area (Å²) in [5.41, 5.74) is 4.95. The highest BCUT2D eigenvalue weighted by Gasteiger charge is 2.49. The van der Waals surface area contributed by atoms with Crippen LogP contribution in [0.3, 0.4) is 0 Å². The molecule has 0 spiro atoms. The number of likely N-dealkylation sites (N-methyl/N-ethyl adjacent to an activating group) is 1. The van der Waals surface area contributed by atoms with Gasteiger partial charge in [0, 0.05) is 12.8 Å². The first-order valence-electron chi connectivity index (χ1n) is 6.98. The van der Waals surface area contributed by atoms with E-state index in [0.29, 0.717) is 12.5 Å². The summed E-state index contributed by atoms with van der Waals surface area (Å²) in [4.78, 5) is 16.4. The first-order chi connectivity index (χ1) is 9.07. The number of nitrogens with two attached hydrogens (primary N) is 1. The van der Waals surface area contributed by atoms with E-state index in [4.69, 9.17) is 5.73 Å². The predicted molar refractivity (Wildman–Crippen MR) is 72.5 cm³/mol. The summed E-state index contributed by atoms with van der Waals surface area (Å²) in [5.74, 6) is 1.75. The summed E-state index contributed by atoms with van der Waals surface area (Å²) < 4.78 is 1.85. The average molecular weight is 265 g/mol. The average Bonchev–Trinajstić information content (AvgIpc) is 3.17. The van der Waals surface area contributed by atoms with Gasteiger partial charge in [0.1, 0.15) is 11.4 Å². The second-order valence-electron chi connectivity index (χ2n) is 5.17. The SMILES string of the molecule is CCc1nc(CC)n(CC(NC)(C(N)=O)C2CC2)n1. The zero-order valence-electron chi connectivity index (χ0n) is 11.9. The summed E-state index contributed by atoms with van der Waals surface area (Å²) in [7, 11) is 1.80. The number of nitrogens with one attached hydrogen (secondary N) is 1. The number of carbonyl (C=O) groups is 1. The molecule has 1 aliphatic carbocycles. The number of aryl methyl sites for hydroxylation is 2. The van der Waals surface area contributed by atoms with E-state index in [0.717, 1.165) is 37.3 Å². The number of hydrogen-bond donors (Lipinski definition) is 2. The summed E-state index contributed by atoms with van der Waals surface area (Å²) in [5, 5.41) is 7.62. The molecule has 3 N–H and O–H groups in total. The van der Waals surface area contributed by atoms with Crippen LogP contribution in [0.4, 0.5) is 0 Å². The van der Waals surface area contributed by atoms with Gasteiger partial charge < -0.3 is 11.1 Å². The van der Waals surface area contributed by atoms with Crippen molar-refractivity contribution in [2.24, 2.45) is 11.7 Å². The molecule has 6 heteroatoms. The predicted octanol–water partition coefficient (Wildman–Crippen LogP) is 0.256. The Bertz CT molecular complexity index is 466. The maximum absolute atomic E-state index is 11.9. The third kappa shape index (κ3) is 2.49. The first kappa shape index (κ1) is 14.0. The molecule has 1 atom stereocenters. The minimum atomic E-state index is -0.692. The lowest BCUT2D eigenvalue weighted by molar-refractivity contribution is -0.125. The molecule has 1 aromatic rings. The molecule has 6 nitrogen and oxygen atoms in total. The van der Waals surface area contributed by atoms with Gasteiger partial charge >= 0.3 is 0 Å². The van der Waals surface area contributed by atoms with Crippen LogP contribution >= 0.6 is 0 Å². The Balaban J connectivity index is 2.31. The van der Waals surface area contributed by atoms with E-state index >= 15 is 0 Å². The molecule has 1 aromatic heterocycles. The molecule has 0 aromatic carbocycles. The van der Waals surface area contributed by atoms with Crippen molar-refractivity contribution in [2.45, 2.75) is 51.6 Å². The molecule has 2 rings (SSSR count). The third-order valence-corrected chi connectivity index (χ3v) is 3.98. The van der Waals surface area contributed by atoms with E-state index in [2.05, 4.69) is 15.4 Å². The van der Waals surface area contributed by atoms with Crippen molar-refractivity contribution in [1.29, 1.82) is 0 Å². The standard InChI is InChI=1S/C13H23N5O/c1-4-10-16-11(5-2)18(17-10)8-13(15-3,12(14)19)9-6-7-9/h9,15H,4-8H2,1-3H3,(H2,14,19). The lowest BCUT2D eigenvalue weighted by Crippen LogP contribution is -2.58. The Morgan fingerprint density at radius 3 is 2.58 bits per heavy atom. The van der Waals surface area contributed by atoms with E-state index in [1.807, 2.05) is 18.5 Å². The number of hydrogen-bond acceptors (Lipinski definition) is 4. The van der Waals surface area contributed by atoms with Crippen molar-refractivity contribution in [2.75, 3.05) is 7.05 Å². The maximum atomic E-state index is 11.9. The van der Waals surface area contributed by atoms with Crippen molar-refractivity contribution >= 4 is 5.91 Å². The Morgan fingerprint density at radius 2 is 2.16 bits per heavy atom. The fourth-order valence-corrected chi connectivity index (χ4v) is 2.59. The molecule has 1 heterocycles. The van der Waals surface area contributed by atoms with Gasteiger partial charge in [-0.2, -0.15) is 5.10 Å². The minimum absolute atomic E-state index is 0.298. The van der Waals surface area contributed by atoms with Crippen LogP contribution < -0.4 is 11.1 Å². The highest BCUT2D eigenvalue weighted by Crippen LogP contribution is 2.40. The van der Waals surface area contributed by atoms with Gasteiger partial charge in [-0.15, -0.1) is 0 Å². The molecule has 0 saturated heterocycles. The number of nitrogens with zero attached hydrogens (tertiary/aromatic N) is 3. The van der Waals surface area contributed by atoms with Gasteiger partial charge in [0.2, 0.25) is 5.91 Å². The van der Waals surface area contributed by atoms with E-state index in [1.165, 1.54) is 0 Å². The Hall–Kier alpha value is -1.43. The number of rotatable bonds is 7. The topological polar surface area (TPSA) is 85.8 Å². The zero-order valence-corrected chi connectivity index (χ0v) is 11.9. The molecule has 1 aliphatic rings. The highest BCUT2D eigenvalue weighted by molar-refractivity contribution is 5.85. The fraction of sp³-hybridized carbons (Fsp3) is 0.769. The Labute approximate surface area is 113 Å². The molecule has 1 saturated carbocycles. The molecule has 19 heavy (non-hydrogen) atoms. The van der Waals surface area contributed by atoms with Crippen LogP contribution in [-0.4, -0.2) is 33.3 Å². The van der Waals surface area contributed by atoms with Crippen molar-refractivity contribution in [3.8, 4) is 0 Å². The summed E-state index contributed by atoms with van der Waals surface area (Å²) >= 11 is 0. The minimum Gasteiger partial charge on any atom is -0.368 e. The molecule has 0 radical (unpaired) electrons. The van der Waals surface area contributed by atoms with Gasteiger partial charge in [-0.3, -0.25) is 4.79 Å². The van der Waals surface area contributed by atoms with Gasteiger partial charge in [-0.25, -0.2) is 9.67 Å². The quantitative estimate of drug-likeness (QED) is 0.740. The number of primary amides is 1. The molecular formula is C13H23N5O. The van der Waals surface area contributed by atoms with Gasteiger partial charge in [-0.1, -0.05) is 13.8 Å². The van der Waals surface area contributed by atoms with Crippen LogP contribution in [0.1, 0.15) is 38.3 Å². The fourth-order valence-electron chi connectivity index (χ4n) is 2.59. The summed E-state index contributed by atoms with van der Waals surface area (Å²) in [6.07, 6.45) is 3.68.